The van der Waals surface area contributed by atoms with Crippen LogP contribution in [0.2, 0.25) is 0 Å². The second kappa shape index (κ2) is 6.28. The minimum Gasteiger partial charge on any atom is -0.345 e. The number of amides is 1. The zero-order valence-corrected chi connectivity index (χ0v) is 11.6. The maximum atomic E-state index is 13.4. The summed E-state index contributed by atoms with van der Waals surface area (Å²) in [6.45, 7) is 3.96. The lowest BCUT2D eigenvalue weighted by molar-refractivity contribution is 0.0935. The summed E-state index contributed by atoms with van der Waals surface area (Å²) in [6, 6.07) is 10.8. The molecule has 1 aromatic heterocycles. The van der Waals surface area contributed by atoms with Crippen LogP contribution in [0.15, 0.2) is 42.6 Å². The van der Waals surface area contributed by atoms with Gasteiger partial charge in [0.1, 0.15) is 0 Å². The van der Waals surface area contributed by atoms with Crippen molar-refractivity contribution in [3.05, 3.63) is 65.2 Å². The zero-order chi connectivity index (χ0) is 14.5. The standard InChI is InChI=1S/C16H17FN2O/c1-3-12-6-8-13(9-7-12)11(2)19-16(20)14-5-4-10-18-15(14)17/h4-11H,3H2,1-2H3,(H,19,20). The number of rotatable bonds is 4. The first-order valence-corrected chi connectivity index (χ1v) is 6.62. The number of hydrogen-bond acceptors (Lipinski definition) is 2. The maximum absolute atomic E-state index is 13.4. The summed E-state index contributed by atoms with van der Waals surface area (Å²) < 4.78 is 13.4. The molecule has 3 nitrogen and oxygen atoms in total. The van der Waals surface area contributed by atoms with Gasteiger partial charge in [-0.2, -0.15) is 4.39 Å². The van der Waals surface area contributed by atoms with Crippen molar-refractivity contribution < 1.29 is 9.18 Å². The Kier molecular flexibility index (Phi) is 4.45. The van der Waals surface area contributed by atoms with Crippen LogP contribution in [0.3, 0.4) is 0 Å². The summed E-state index contributed by atoms with van der Waals surface area (Å²) in [4.78, 5) is 15.5. The number of aromatic nitrogens is 1. The lowest BCUT2D eigenvalue weighted by Gasteiger charge is -2.15. The van der Waals surface area contributed by atoms with Gasteiger partial charge in [-0.3, -0.25) is 4.79 Å². The third-order valence-electron chi connectivity index (χ3n) is 3.24. The summed E-state index contributed by atoms with van der Waals surface area (Å²) in [5.41, 5.74) is 2.19. The molecule has 0 saturated heterocycles. The summed E-state index contributed by atoms with van der Waals surface area (Å²) >= 11 is 0. The first-order chi connectivity index (χ1) is 9.61. The van der Waals surface area contributed by atoms with Crippen LogP contribution in [-0.2, 0) is 6.42 Å². The van der Waals surface area contributed by atoms with E-state index in [1.807, 2.05) is 31.2 Å². The average molecular weight is 272 g/mol. The van der Waals surface area contributed by atoms with Crippen LogP contribution in [0.1, 0.15) is 41.4 Å². The van der Waals surface area contributed by atoms with Crippen molar-refractivity contribution in [3.63, 3.8) is 0 Å². The van der Waals surface area contributed by atoms with Crippen LogP contribution in [0.25, 0.3) is 0 Å². The molecule has 2 rings (SSSR count). The molecule has 0 saturated carbocycles. The second-order valence-electron chi connectivity index (χ2n) is 4.63. The number of aryl methyl sites for hydroxylation is 1. The molecule has 0 aliphatic heterocycles. The van der Waals surface area contributed by atoms with Crippen LogP contribution in [0, 0.1) is 5.95 Å². The minimum atomic E-state index is -0.751. The van der Waals surface area contributed by atoms with Gasteiger partial charge in [0, 0.05) is 6.20 Å². The molecule has 2 aromatic rings. The number of carbonyl (C=O) groups is 1. The molecule has 4 heteroatoms. The van der Waals surface area contributed by atoms with Gasteiger partial charge in [-0.05, 0) is 36.6 Å². The van der Waals surface area contributed by atoms with E-state index >= 15 is 0 Å². The second-order valence-corrected chi connectivity index (χ2v) is 4.63. The van der Waals surface area contributed by atoms with Gasteiger partial charge >= 0.3 is 0 Å². The summed E-state index contributed by atoms with van der Waals surface area (Å²) in [5.74, 6) is -1.21. The van der Waals surface area contributed by atoms with Crippen LogP contribution in [-0.4, -0.2) is 10.9 Å². The quantitative estimate of drug-likeness (QED) is 0.868. The highest BCUT2D eigenvalue weighted by molar-refractivity contribution is 5.94. The molecule has 0 aliphatic carbocycles. The van der Waals surface area contributed by atoms with Gasteiger partial charge < -0.3 is 5.32 Å². The Labute approximate surface area is 117 Å². The van der Waals surface area contributed by atoms with Crippen LogP contribution in [0.4, 0.5) is 4.39 Å². The van der Waals surface area contributed by atoms with Crippen molar-refractivity contribution in [3.8, 4) is 0 Å². The normalized spacial score (nSPS) is 11.9. The fourth-order valence-corrected chi connectivity index (χ4v) is 1.96. The lowest BCUT2D eigenvalue weighted by atomic mass is 10.0. The SMILES string of the molecule is CCc1ccc(C(C)NC(=O)c2cccnc2F)cc1. The van der Waals surface area contributed by atoms with Crippen molar-refractivity contribution in [2.45, 2.75) is 26.3 Å². The Morgan fingerprint density at radius 3 is 2.60 bits per heavy atom. The van der Waals surface area contributed by atoms with Crippen LogP contribution < -0.4 is 5.32 Å². The predicted molar refractivity (Wildman–Crippen MR) is 75.9 cm³/mol. The van der Waals surface area contributed by atoms with Gasteiger partial charge in [-0.25, -0.2) is 4.98 Å². The van der Waals surface area contributed by atoms with Crippen molar-refractivity contribution in [1.82, 2.24) is 10.3 Å². The first-order valence-electron chi connectivity index (χ1n) is 6.62. The van der Waals surface area contributed by atoms with Gasteiger partial charge in [-0.1, -0.05) is 31.2 Å². The number of hydrogen-bond donors (Lipinski definition) is 1. The molecule has 1 N–H and O–H groups in total. The number of nitrogens with one attached hydrogen (secondary N) is 1. The number of benzene rings is 1. The van der Waals surface area contributed by atoms with Gasteiger partial charge in [0.15, 0.2) is 0 Å². The molecule has 0 spiro atoms. The van der Waals surface area contributed by atoms with E-state index in [0.29, 0.717) is 0 Å². The molecule has 0 bridgehead atoms. The molecule has 1 unspecified atom stereocenters. The highest BCUT2D eigenvalue weighted by Gasteiger charge is 2.15. The Morgan fingerprint density at radius 1 is 1.30 bits per heavy atom. The molecule has 1 amide bonds. The van der Waals surface area contributed by atoms with E-state index in [1.165, 1.54) is 17.8 Å². The monoisotopic (exact) mass is 272 g/mol. The summed E-state index contributed by atoms with van der Waals surface area (Å²) in [7, 11) is 0. The molecule has 104 valence electrons. The van der Waals surface area contributed by atoms with Crippen molar-refractivity contribution in [1.29, 1.82) is 0 Å². The summed E-state index contributed by atoms with van der Waals surface area (Å²) in [6.07, 6.45) is 2.29. The molecule has 1 atom stereocenters. The smallest absolute Gasteiger partial charge is 0.256 e. The molecule has 0 radical (unpaired) electrons. The van der Waals surface area contributed by atoms with E-state index in [1.54, 1.807) is 6.07 Å². The van der Waals surface area contributed by atoms with Crippen LogP contribution >= 0.6 is 0 Å². The first kappa shape index (κ1) is 14.2. The number of pyridine rings is 1. The van der Waals surface area contributed by atoms with E-state index in [4.69, 9.17) is 0 Å². The van der Waals surface area contributed by atoms with Crippen molar-refractivity contribution in [2.75, 3.05) is 0 Å². The highest BCUT2D eigenvalue weighted by Crippen LogP contribution is 2.15. The Hall–Kier alpha value is -2.23. The fraction of sp³-hybridized carbons (Fsp3) is 0.250. The molecular weight excluding hydrogens is 255 g/mol. The number of carbonyl (C=O) groups excluding carboxylic acids is 1. The van der Waals surface area contributed by atoms with E-state index in [-0.39, 0.29) is 11.6 Å². The van der Waals surface area contributed by atoms with Crippen molar-refractivity contribution >= 4 is 5.91 Å². The Morgan fingerprint density at radius 2 is 2.00 bits per heavy atom. The molecule has 0 aliphatic rings. The topological polar surface area (TPSA) is 42.0 Å². The minimum absolute atomic E-state index is 0.0375. The molecule has 1 aromatic carbocycles. The number of nitrogens with zero attached hydrogens (tertiary/aromatic N) is 1. The van der Waals surface area contributed by atoms with E-state index in [9.17, 15) is 9.18 Å². The Balaban J connectivity index is 2.09. The van der Waals surface area contributed by atoms with E-state index in [2.05, 4.69) is 17.2 Å². The summed E-state index contributed by atoms with van der Waals surface area (Å²) in [5, 5.41) is 2.77. The van der Waals surface area contributed by atoms with Crippen LogP contribution in [0.5, 0.6) is 0 Å². The number of halogens is 1. The largest absolute Gasteiger partial charge is 0.345 e. The highest BCUT2D eigenvalue weighted by atomic mass is 19.1. The van der Waals surface area contributed by atoms with Crippen molar-refractivity contribution in [2.24, 2.45) is 0 Å². The third kappa shape index (κ3) is 3.20. The van der Waals surface area contributed by atoms with E-state index in [0.717, 1.165) is 12.0 Å². The zero-order valence-electron chi connectivity index (χ0n) is 11.6. The third-order valence-corrected chi connectivity index (χ3v) is 3.24. The Bertz CT molecular complexity index is 596. The molecule has 1 heterocycles. The van der Waals surface area contributed by atoms with Gasteiger partial charge in [-0.15, -0.1) is 0 Å². The lowest BCUT2D eigenvalue weighted by Crippen LogP contribution is -2.27. The van der Waals surface area contributed by atoms with E-state index < -0.39 is 11.9 Å². The van der Waals surface area contributed by atoms with Gasteiger partial charge in [0.05, 0.1) is 11.6 Å². The fourth-order valence-electron chi connectivity index (χ4n) is 1.96. The maximum Gasteiger partial charge on any atom is 0.256 e. The molecule has 20 heavy (non-hydrogen) atoms. The van der Waals surface area contributed by atoms with Gasteiger partial charge in [0.2, 0.25) is 5.95 Å². The average Bonchev–Trinajstić information content (AvgIpc) is 2.47. The molecule has 0 fully saturated rings. The molecular formula is C16H17FN2O. The van der Waals surface area contributed by atoms with Gasteiger partial charge in [0.25, 0.3) is 5.91 Å². The predicted octanol–water partition coefficient (Wildman–Crippen LogP) is 3.27.